The number of pyridine rings is 2. The summed E-state index contributed by atoms with van der Waals surface area (Å²) >= 11 is 0. The molecule has 12 rings (SSSR count). The average Bonchev–Trinajstić information content (AvgIpc) is 3.79. The van der Waals surface area contributed by atoms with Crippen LogP contribution in [0, 0.1) is 0 Å². The van der Waals surface area contributed by atoms with Crippen molar-refractivity contribution in [3.63, 3.8) is 0 Å². The highest BCUT2D eigenvalue weighted by Gasteiger charge is 2.25. The van der Waals surface area contributed by atoms with Gasteiger partial charge < -0.3 is 4.90 Å². The molecule has 0 N–H and O–H groups in total. The third kappa shape index (κ3) is 4.86. The predicted molar refractivity (Wildman–Crippen MR) is 237 cm³/mol. The molecular formula is C54H33N3. The second-order valence-electron chi connectivity index (χ2n) is 14.9. The van der Waals surface area contributed by atoms with Crippen molar-refractivity contribution in [3.8, 4) is 78.0 Å². The average molecular weight is 724 g/mol. The Hall–Kier alpha value is -7.62. The Kier molecular flexibility index (Phi) is 6.93. The fourth-order valence-electron chi connectivity index (χ4n) is 9.41. The maximum Gasteiger partial charge on any atom is 0.0704 e. The van der Waals surface area contributed by atoms with Gasteiger partial charge in [0.2, 0.25) is 0 Å². The fraction of sp³-hybridized carbons (Fsp3) is 0. The fourth-order valence-corrected chi connectivity index (χ4v) is 9.41. The molecule has 0 fully saturated rings. The Labute approximate surface area is 330 Å². The van der Waals surface area contributed by atoms with Gasteiger partial charge in [0.1, 0.15) is 0 Å². The molecule has 0 saturated carbocycles. The van der Waals surface area contributed by atoms with Gasteiger partial charge in [-0.15, -0.1) is 0 Å². The van der Waals surface area contributed by atoms with Crippen molar-refractivity contribution in [2.45, 2.75) is 0 Å². The number of hydrogen-bond donors (Lipinski definition) is 0. The van der Waals surface area contributed by atoms with Crippen molar-refractivity contribution < 1.29 is 0 Å². The monoisotopic (exact) mass is 723 g/mol. The van der Waals surface area contributed by atoms with Crippen LogP contribution in [0.15, 0.2) is 201 Å². The molecule has 0 aliphatic heterocycles. The van der Waals surface area contributed by atoms with Crippen LogP contribution in [0.1, 0.15) is 0 Å². The van der Waals surface area contributed by atoms with E-state index in [9.17, 15) is 0 Å². The van der Waals surface area contributed by atoms with Gasteiger partial charge in [-0.05, 0) is 143 Å². The van der Waals surface area contributed by atoms with Crippen LogP contribution in [0.3, 0.4) is 0 Å². The van der Waals surface area contributed by atoms with E-state index < -0.39 is 0 Å². The van der Waals surface area contributed by atoms with Gasteiger partial charge in [-0.1, -0.05) is 127 Å². The summed E-state index contributed by atoms with van der Waals surface area (Å²) in [5.41, 5.74) is 20.2. The zero-order valence-corrected chi connectivity index (χ0v) is 30.9. The zero-order valence-electron chi connectivity index (χ0n) is 30.9. The Bertz CT molecular complexity index is 3010. The van der Waals surface area contributed by atoms with Gasteiger partial charge in [0, 0.05) is 29.3 Å². The third-order valence-electron chi connectivity index (χ3n) is 11.9. The first-order valence-electron chi connectivity index (χ1n) is 19.5. The van der Waals surface area contributed by atoms with Crippen LogP contribution >= 0.6 is 0 Å². The van der Waals surface area contributed by atoms with Crippen molar-refractivity contribution in [1.82, 2.24) is 9.97 Å². The quantitative estimate of drug-likeness (QED) is 0.171. The summed E-state index contributed by atoms with van der Waals surface area (Å²) in [5.74, 6) is 0. The van der Waals surface area contributed by atoms with Gasteiger partial charge in [0.05, 0.1) is 17.6 Å². The van der Waals surface area contributed by atoms with Crippen LogP contribution in [0.25, 0.3) is 99.6 Å². The van der Waals surface area contributed by atoms with Gasteiger partial charge in [0.15, 0.2) is 0 Å². The van der Waals surface area contributed by atoms with E-state index in [0.29, 0.717) is 0 Å². The number of hydrogen-bond acceptors (Lipinski definition) is 3. The molecule has 0 radical (unpaired) electrons. The van der Waals surface area contributed by atoms with E-state index in [0.717, 1.165) is 39.4 Å². The lowest BCUT2D eigenvalue weighted by molar-refractivity contribution is 1.23. The molecule has 2 aliphatic carbocycles. The van der Waals surface area contributed by atoms with Crippen LogP contribution in [0.2, 0.25) is 0 Å². The molecule has 57 heavy (non-hydrogen) atoms. The molecule has 0 spiro atoms. The van der Waals surface area contributed by atoms with E-state index in [1.54, 1.807) is 0 Å². The first-order chi connectivity index (χ1) is 28.3. The maximum atomic E-state index is 4.99. The third-order valence-corrected chi connectivity index (χ3v) is 11.9. The number of para-hydroxylation sites is 1. The zero-order chi connectivity index (χ0) is 37.5. The standard InChI is InChI=1S/C54H33N3/c1-2-10-37(11-3-1)57(38-20-25-52(56-33-38)34-26-28-55-29-27-34)39-31-35(40-21-23-50-44-14-6-4-12-42(44)48-18-8-16-46(40)53(48)50)30-36(32-39)41-22-24-51-45-15-7-5-13-43(45)49-19-9-17-47(41)54(49)51/h1-33H. The van der Waals surface area contributed by atoms with Gasteiger partial charge >= 0.3 is 0 Å². The summed E-state index contributed by atoms with van der Waals surface area (Å²) in [4.78, 5) is 11.5. The second kappa shape index (κ2) is 12.5. The van der Waals surface area contributed by atoms with Crippen molar-refractivity contribution >= 4 is 38.6 Å². The molecule has 2 heterocycles. The van der Waals surface area contributed by atoms with Crippen molar-refractivity contribution in [3.05, 3.63) is 201 Å². The molecule has 0 bridgehead atoms. The highest BCUT2D eigenvalue weighted by molar-refractivity contribution is 6.20. The molecule has 2 aliphatic rings. The molecule has 3 nitrogen and oxygen atoms in total. The van der Waals surface area contributed by atoms with Gasteiger partial charge in [-0.3, -0.25) is 9.97 Å². The highest BCUT2D eigenvalue weighted by Crippen LogP contribution is 2.52. The molecular weight excluding hydrogens is 691 g/mol. The van der Waals surface area contributed by atoms with Gasteiger partial charge in [0.25, 0.3) is 0 Å². The Morgan fingerprint density at radius 2 is 0.807 bits per heavy atom. The molecule has 3 heteroatoms. The number of aromatic nitrogens is 2. The molecule has 10 aromatic rings. The number of fused-ring (bicyclic) bond motifs is 6. The van der Waals surface area contributed by atoms with Crippen molar-refractivity contribution in [1.29, 1.82) is 0 Å². The van der Waals surface area contributed by atoms with Crippen molar-refractivity contribution in [2.75, 3.05) is 4.90 Å². The SMILES string of the molecule is c1ccc(N(c2ccc(-c3ccncc3)nc2)c2cc(-c3ccc4c5c(cccc35)-c3ccccc3-4)cc(-c3ccc4c5c(cccc35)-c3ccccc3-4)c2)cc1. The van der Waals surface area contributed by atoms with Crippen LogP contribution in [0.5, 0.6) is 0 Å². The van der Waals surface area contributed by atoms with E-state index in [-0.39, 0.29) is 0 Å². The number of rotatable bonds is 6. The highest BCUT2D eigenvalue weighted by atomic mass is 15.1. The van der Waals surface area contributed by atoms with E-state index in [1.165, 1.54) is 77.2 Å². The maximum absolute atomic E-state index is 4.99. The lowest BCUT2D eigenvalue weighted by Crippen LogP contribution is -2.10. The minimum absolute atomic E-state index is 0.909. The molecule has 0 atom stereocenters. The molecule has 2 aromatic heterocycles. The molecule has 0 amide bonds. The van der Waals surface area contributed by atoms with Crippen LogP contribution in [0.4, 0.5) is 17.1 Å². The summed E-state index contributed by atoms with van der Waals surface area (Å²) in [5, 5.41) is 5.16. The van der Waals surface area contributed by atoms with Gasteiger partial charge in [-0.25, -0.2) is 0 Å². The normalized spacial score (nSPS) is 11.9. The Morgan fingerprint density at radius 1 is 0.316 bits per heavy atom. The van der Waals surface area contributed by atoms with E-state index in [2.05, 4.69) is 180 Å². The molecule has 0 unspecified atom stereocenters. The molecule has 264 valence electrons. The van der Waals surface area contributed by atoms with Crippen LogP contribution in [-0.2, 0) is 0 Å². The van der Waals surface area contributed by atoms with Crippen LogP contribution in [-0.4, -0.2) is 9.97 Å². The number of nitrogens with zero attached hydrogens (tertiary/aromatic N) is 3. The smallest absolute Gasteiger partial charge is 0.0704 e. The second-order valence-corrected chi connectivity index (χ2v) is 14.9. The van der Waals surface area contributed by atoms with E-state index in [1.807, 2.05) is 30.7 Å². The lowest BCUT2D eigenvalue weighted by Gasteiger charge is -2.27. The first kappa shape index (κ1) is 31.7. The first-order valence-corrected chi connectivity index (χ1v) is 19.5. The summed E-state index contributed by atoms with van der Waals surface area (Å²) in [7, 11) is 0. The minimum atomic E-state index is 0.909. The summed E-state index contributed by atoms with van der Waals surface area (Å²) < 4.78 is 0. The lowest BCUT2D eigenvalue weighted by atomic mass is 9.90. The predicted octanol–water partition coefficient (Wildman–Crippen LogP) is 14.5. The van der Waals surface area contributed by atoms with Crippen LogP contribution < -0.4 is 4.90 Å². The van der Waals surface area contributed by atoms with Gasteiger partial charge in [-0.2, -0.15) is 0 Å². The Balaban J connectivity index is 1.11. The van der Waals surface area contributed by atoms with Crippen molar-refractivity contribution in [2.24, 2.45) is 0 Å². The number of benzene rings is 8. The molecule has 0 saturated heterocycles. The summed E-state index contributed by atoms with van der Waals surface area (Å²) in [6.45, 7) is 0. The van der Waals surface area contributed by atoms with E-state index >= 15 is 0 Å². The molecule has 8 aromatic carbocycles. The topological polar surface area (TPSA) is 29.0 Å². The largest absolute Gasteiger partial charge is 0.309 e. The summed E-state index contributed by atoms with van der Waals surface area (Å²) in [6.07, 6.45) is 5.61. The van der Waals surface area contributed by atoms with E-state index in [4.69, 9.17) is 4.98 Å². The summed E-state index contributed by atoms with van der Waals surface area (Å²) in [6, 6.07) is 66.5. The number of anilines is 3. The minimum Gasteiger partial charge on any atom is -0.309 e. The Morgan fingerprint density at radius 3 is 1.33 bits per heavy atom.